The van der Waals surface area contributed by atoms with Crippen LogP contribution in [0.1, 0.15) is 5.56 Å². The number of aromatic amines is 1. The van der Waals surface area contributed by atoms with Crippen molar-refractivity contribution in [3.8, 4) is 0 Å². The Labute approximate surface area is 75.2 Å². The summed E-state index contributed by atoms with van der Waals surface area (Å²) < 4.78 is 0. The van der Waals surface area contributed by atoms with Gasteiger partial charge >= 0.3 is 0 Å². The van der Waals surface area contributed by atoms with Gasteiger partial charge in [-0.05, 0) is 0 Å². The standard InChI is InChI=1S/C8H9N5/c1-7(2-10-6-9-1)3-11-8-4-12-13-5-8/h1-2,4-6,11H,3H2,(H,12,13). The summed E-state index contributed by atoms with van der Waals surface area (Å²) >= 11 is 0. The van der Waals surface area contributed by atoms with Gasteiger partial charge in [-0.3, -0.25) is 5.10 Å². The molecule has 2 heterocycles. The highest BCUT2D eigenvalue weighted by molar-refractivity contribution is 5.37. The lowest BCUT2D eigenvalue weighted by atomic mass is 10.3. The van der Waals surface area contributed by atoms with E-state index < -0.39 is 0 Å². The third-order valence-corrected chi connectivity index (χ3v) is 1.61. The molecule has 2 aromatic heterocycles. The molecule has 0 atom stereocenters. The number of hydrogen-bond donors (Lipinski definition) is 2. The van der Waals surface area contributed by atoms with Crippen molar-refractivity contribution < 1.29 is 0 Å². The van der Waals surface area contributed by atoms with Crippen LogP contribution in [0.25, 0.3) is 0 Å². The highest BCUT2D eigenvalue weighted by Crippen LogP contribution is 2.03. The number of rotatable bonds is 3. The number of nitrogens with zero attached hydrogens (tertiary/aromatic N) is 3. The first kappa shape index (κ1) is 7.72. The van der Waals surface area contributed by atoms with Crippen LogP contribution < -0.4 is 5.32 Å². The third-order valence-electron chi connectivity index (χ3n) is 1.61. The van der Waals surface area contributed by atoms with Gasteiger partial charge in [0.15, 0.2) is 0 Å². The summed E-state index contributed by atoms with van der Waals surface area (Å²) in [4.78, 5) is 7.82. The molecule has 2 N–H and O–H groups in total. The fourth-order valence-corrected chi connectivity index (χ4v) is 0.973. The molecule has 0 radical (unpaired) electrons. The summed E-state index contributed by atoms with van der Waals surface area (Å²) in [6, 6.07) is 0. The van der Waals surface area contributed by atoms with Crippen molar-refractivity contribution >= 4 is 5.69 Å². The van der Waals surface area contributed by atoms with E-state index in [1.807, 2.05) is 0 Å². The molecule has 0 amide bonds. The van der Waals surface area contributed by atoms with Crippen LogP contribution in [-0.4, -0.2) is 20.2 Å². The first-order valence-corrected chi connectivity index (χ1v) is 3.92. The van der Waals surface area contributed by atoms with Gasteiger partial charge < -0.3 is 5.32 Å². The van der Waals surface area contributed by atoms with E-state index in [0.717, 1.165) is 11.3 Å². The molecule has 66 valence electrons. The Morgan fingerprint density at radius 2 is 2.08 bits per heavy atom. The van der Waals surface area contributed by atoms with Crippen LogP contribution in [0.3, 0.4) is 0 Å². The molecule has 0 unspecified atom stereocenters. The summed E-state index contributed by atoms with van der Waals surface area (Å²) in [5.41, 5.74) is 2.01. The van der Waals surface area contributed by atoms with Gasteiger partial charge in [0.25, 0.3) is 0 Å². The van der Waals surface area contributed by atoms with Crippen molar-refractivity contribution in [2.45, 2.75) is 6.54 Å². The van der Waals surface area contributed by atoms with Crippen molar-refractivity contribution in [3.63, 3.8) is 0 Å². The molecule has 0 aliphatic carbocycles. The fraction of sp³-hybridized carbons (Fsp3) is 0.125. The van der Waals surface area contributed by atoms with Gasteiger partial charge in [0.05, 0.1) is 11.9 Å². The van der Waals surface area contributed by atoms with Gasteiger partial charge in [-0.1, -0.05) is 0 Å². The topological polar surface area (TPSA) is 66.5 Å². The maximum atomic E-state index is 3.91. The second-order valence-electron chi connectivity index (χ2n) is 2.59. The van der Waals surface area contributed by atoms with Crippen molar-refractivity contribution in [2.24, 2.45) is 0 Å². The highest BCUT2D eigenvalue weighted by atomic mass is 15.1. The minimum absolute atomic E-state index is 0.709. The van der Waals surface area contributed by atoms with E-state index in [9.17, 15) is 0 Å². The maximum absolute atomic E-state index is 3.91. The highest BCUT2D eigenvalue weighted by Gasteiger charge is 1.93. The smallest absolute Gasteiger partial charge is 0.115 e. The van der Waals surface area contributed by atoms with Crippen LogP contribution in [0.4, 0.5) is 5.69 Å². The van der Waals surface area contributed by atoms with Gasteiger partial charge in [-0.15, -0.1) is 0 Å². The molecule has 2 rings (SSSR count). The number of H-pyrrole nitrogens is 1. The number of aromatic nitrogens is 4. The second kappa shape index (κ2) is 3.66. The minimum Gasteiger partial charge on any atom is -0.378 e. The molecule has 5 nitrogen and oxygen atoms in total. The Balaban J connectivity index is 1.94. The van der Waals surface area contributed by atoms with Crippen molar-refractivity contribution in [1.82, 2.24) is 20.2 Å². The summed E-state index contributed by atoms with van der Waals surface area (Å²) in [7, 11) is 0. The monoisotopic (exact) mass is 175 g/mol. The van der Waals surface area contributed by atoms with Crippen LogP contribution >= 0.6 is 0 Å². The Bertz CT molecular complexity index is 342. The Morgan fingerprint density at radius 1 is 1.23 bits per heavy atom. The average Bonchev–Trinajstić information content (AvgIpc) is 2.69. The molecule has 13 heavy (non-hydrogen) atoms. The van der Waals surface area contributed by atoms with E-state index in [1.54, 1.807) is 24.8 Å². The molecule has 0 fully saturated rings. The zero-order chi connectivity index (χ0) is 8.93. The van der Waals surface area contributed by atoms with E-state index >= 15 is 0 Å². The zero-order valence-electron chi connectivity index (χ0n) is 6.94. The lowest BCUT2D eigenvalue weighted by molar-refractivity contribution is 1.05. The van der Waals surface area contributed by atoms with Crippen molar-refractivity contribution in [1.29, 1.82) is 0 Å². The molecule has 0 aromatic carbocycles. The zero-order valence-corrected chi connectivity index (χ0v) is 6.94. The summed E-state index contributed by atoms with van der Waals surface area (Å²) in [6.07, 6.45) is 8.59. The SMILES string of the molecule is c1ncc(CNc2cn[nH]c2)cn1. The summed E-state index contributed by atoms with van der Waals surface area (Å²) in [6.45, 7) is 0.709. The Hall–Kier alpha value is -1.91. The third kappa shape index (κ3) is 2.02. The summed E-state index contributed by atoms with van der Waals surface area (Å²) in [5.74, 6) is 0. The molecule has 0 spiro atoms. The van der Waals surface area contributed by atoms with Crippen molar-refractivity contribution in [3.05, 3.63) is 36.7 Å². The van der Waals surface area contributed by atoms with Crippen LogP contribution in [0, 0.1) is 0 Å². The molecule has 0 bridgehead atoms. The van der Waals surface area contributed by atoms with E-state index in [-0.39, 0.29) is 0 Å². The lowest BCUT2D eigenvalue weighted by Crippen LogP contribution is -1.98. The van der Waals surface area contributed by atoms with Gasteiger partial charge in [0, 0.05) is 30.7 Å². The predicted octanol–water partition coefficient (Wildman–Crippen LogP) is 0.812. The van der Waals surface area contributed by atoms with E-state index in [1.165, 1.54) is 6.33 Å². The molecule has 2 aromatic rings. The van der Waals surface area contributed by atoms with E-state index in [4.69, 9.17) is 0 Å². The van der Waals surface area contributed by atoms with Crippen LogP contribution in [0.2, 0.25) is 0 Å². The van der Waals surface area contributed by atoms with Gasteiger partial charge in [-0.25, -0.2) is 9.97 Å². The van der Waals surface area contributed by atoms with Gasteiger partial charge in [0.1, 0.15) is 6.33 Å². The van der Waals surface area contributed by atoms with Gasteiger partial charge in [-0.2, -0.15) is 5.10 Å². The molecule has 0 saturated carbocycles. The van der Waals surface area contributed by atoms with Crippen LogP contribution in [0.15, 0.2) is 31.1 Å². The Kier molecular flexibility index (Phi) is 2.18. The van der Waals surface area contributed by atoms with Crippen LogP contribution in [0.5, 0.6) is 0 Å². The first-order chi connectivity index (χ1) is 6.45. The quantitative estimate of drug-likeness (QED) is 0.724. The number of nitrogens with one attached hydrogen (secondary N) is 2. The Morgan fingerprint density at radius 3 is 2.77 bits per heavy atom. The first-order valence-electron chi connectivity index (χ1n) is 3.92. The minimum atomic E-state index is 0.709. The summed E-state index contributed by atoms with van der Waals surface area (Å²) in [5, 5.41) is 9.71. The van der Waals surface area contributed by atoms with E-state index in [0.29, 0.717) is 6.54 Å². The van der Waals surface area contributed by atoms with E-state index in [2.05, 4.69) is 25.5 Å². The molecular weight excluding hydrogens is 166 g/mol. The molecule has 0 saturated heterocycles. The largest absolute Gasteiger partial charge is 0.378 e. The maximum Gasteiger partial charge on any atom is 0.115 e. The second-order valence-corrected chi connectivity index (χ2v) is 2.59. The van der Waals surface area contributed by atoms with Crippen molar-refractivity contribution in [2.75, 3.05) is 5.32 Å². The molecular formula is C8H9N5. The lowest BCUT2D eigenvalue weighted by Gasteiger charge is -2.00. The van der Waals surface area contributed by atoms with Gasteiger partial charge in [0.2, 0.25) is 0 Å². The average molecular weight is 175 g/mol. The number of hydrogen-bond acceptors (Lipinski definition) is 4. The molecule has 0 aliphatic heterocycles. The number of anilines is 1. The fourth-order valence-electron chi connectivity index (χ4n) is 0.973. The molecule has 5 heteroatoms. The predicted molar refractivity (Wildman–Crippen MR) is 47.9 cm³/mol. The van der Waals surface area contributed by atoms with Crippen LogP contribution in [-0.2, 0) is 6.54 Å². The normalized spacial score (nSPS) is 9.85. The molecule has 0 aliphatic rings.